The van der Waals surface area contributed by atoms with Gasteiger partial charge >= 0.3 is 17.8 Å². The van der Waals surface area contributed by atoms with Gasteiger partial charge in [0.25, 0.3) is 0 Å². The van der Waals surface area contributed by atoms with E-state index in [1.165, 1.54) is 11.8 Å². The Bertz CT molecular complexity index is 774. The van der Waals surface area contributed by atoms with Crippen LogP contribution in [0.3, 0.4) is 0 Å². The minimum atomic E-state index is -0.992. The molecule has 0 saturated carbocycles. The van der Waals surface area contributed by atoms with Crippen LogP contribution in [0.2, 0.25) is 0 Å². The lowest BCUT2D eigenvalue weighted by Gasteiger charge is -2.15. The lowest BCUT2D eigenvalue weighted by molar-refractivity contribution is -0.143. The van der Waals surface area contributed by atoms with E-state index in [-0.39, 0.29) is 12.3 Å². The van der Waals surface area contributed by atoms with Gasteiger partial charge in [-0.15, -0.1) is 11.8 Å². The zero-order chi connectivity index (χ0) is 19.1. The number of hydrogen-bond donors (Lipinski definition) is 1. The Morgan fingerprint density at radius 3 is 2.58 bits per heavy atom. The summed E-state index contributed by atoms with van der Waals surface area (Å²) in [6.45, 7) is 1.52. The molecule has 1 aromatic rings. The van der Waals surface area contributed by atoms with Crippen LogP contribution in [0.25, 0.3) is 0 Å². The molecule has 2 rings (SSSR count). The van der Waals surface area contributed by atoms with E-state index >= 15 is 0 Å². The number of unbranched alkanes of at least 4 members (excludes halogenated alkanes) is 1. The zero-order valence-corrected chi connectivity index (χ0v) is 15.0. The molecule has 0 aromatic heterocycles. The minimum Gasteiger partial charge on any atom is -0.324 e. The summed E-state index contributed by atoms with van der Waals surface area (Å²) in [5.74, 6) is -2.27. The van der Waals surface area contributed by atoms with Crippen molar-refractivity contribution in [3.63, 3.8) is 0 Å². The lowest BCUT2D eigenvalue weighted by atomic mass is 10.3. The average Bonchev–Trinajstić information content (AvgIpc) is 2.83. The van der Waals surface area contributed by atoms with Crippen LogP contribution >= 0.6 is 11.8 Å². The molecule has 1 saturated heterocycles. The second-order valence-electron chi connectivity index (χ2n) is 5.48. The van der Waals surface area contributed by atoms with Crippen LogP contribution in [-0.4, -0.2) is 52.4 Å². The van der Waals surface area contributed by atoms with Crippen LogP contribution in [0.4, 0.5) is 10.5 Å². The number of imide groups is 2. The monoisotopic (exact) mass is 374 g/mol. The van der Waals surface area contributed by atoms with Crippen LogP contribution in [0, 0.1) is 11.3 Å². The first-order chi connectivity index (χ1) is 12.5. The number of carbonyl (C=O) groups is 4. The molecule has 0 atom stereocenters. The topological polar surface area (TPSA) is 111 Å². The normalized spacial score (nSPS) is 13.9. The number of para-hydroxylation sites is 1. The highest BCUT2D eigenvalue weighted by Gasteiger charge is 2.44. The molecule has 1 fully saturated rings. The quantitative estimate of drug-likeness (QED) is 0.422. The van der Waals surface area contributed by atoms with Gasteiger partial charge in [-0.25, -0.2) is 9.69 Å². The minimum absolute atomic E-state index is 0.158. The number of benzene rings is 1. The molecule has 1 aliphatic rings. The number of nitriles is 1. The molecule has 8 nitrogen and oxygen atoms in total. The Morgan fingerprint density at radius 2 is 1.88 bits per heavy atom. The highest BCUT2D eigenvalue weighted by molar-refractivity contribution is 7.99. The second kappa shape index (κ2) is 9.01. The average molecular weight is 374 g/mol. The van der Waals surface area contributed by atoms with Crippen LogP contribution in [0.1, 0.15) is 19.8 Å². The first-order valence-corrected chi connectivity index (χ1v) is 9.04. The number of nitrogens with zero attached hydrogens (tertiary/aromatic N) is 3. The maximum atomic E-state index is 12.3. The summed E-state index contributed by atoms with van der Waals surface area (Å²) in [5, 5.41) is 11.3. The number of urea groups is 1. The predicted molar refractivity (Wildman–Crippen MR) is 95.1 cm³/mol. The zero-order valence-electron chi connectivity index (χ0n) is 14.2. The molecule has 0 spiro atoms. The molecule has 1 aliphatic heterocycles. The third-order valence-electron chi connectivity index (χ3n) is 3.63. The molecule has 5 amide bonds. The van der Waals surface area contributed by atoms with Gasteiger partial charge in [-0.2, -0.15) is 5.26 Å². The first kappa shape index (κ1) is 19.5. The molecule has 1 heterocycles. The van der Waals surface area contributed by atoms with Crippen molar-refractivity contribution in [1.29, 1.82) is 5.26 Å². The Labute approximate surface area is 155 Å². The van der Waals surface area contributed by atoms with Crippen LogP contribution in [0.15, 0.2) is 29.2 Å². The van der Waals surface area contributed by atoms with E-state index in [0.717, 1.165) is 11.3 Å². The summed E-state index contributed by atoms with van der Waals surface area (Å²) >= 11 is 1.26. The summed E-state index contributed by atoms with van der Waals surface area (Å²) in [7, 11) is 0. The van der Waals surface area contributed by atoms with Gasteiger partial charge in [0.05, 0.1) is 17.5 Å². The molecule has 0 bridgehead atoms. The van der Waals surface area contributed by atoms with Gasteiger partial charge in [0, 0.05) is 11.4 Å². The number of nitrogens with one attached hydrogen (secondary N) is 1. The summed E-state index contributed by atoms with van der Waals surface area (Å²) < 4.78 is 0. The van der Waals surface area contributed by atoms with Gasteiger partial charge < -0.3 is 5.32 Å². The Balaban J connectivity index is 2.04. The molecule has 0 aliphatic carbocycles. The SMILES string of the molecule is CCCCN1C(=O)C(=O)N(CC(=O)Nc2ccccc2SCC#N)C1=O. The van der Waals surface area contributed by atoms with Gasteiger partial charge in [0.2, 0.25) is 5.91 Å². The Morgan fingerprint density at radius 1 is 1.19 bits per heavy atom. The van der Waals surface area contributed by atoms with Gasteiger partial charge in [-0.05, 0) is 18.6 Å². The third kappa shape index (κ3) is 4.40. The Kier molecular flexibility index (Phi) is 6.74. The second-order valence-corrected chi connectivity index (χ2v) is 6.49. The van der Waals surface area contributed by atoms with Crippen LogP contribution in [0.5, 0.6) is 0 Å². The molecule has 136 valence electrons. The van der Waals surface area contributed by atoms with Gasteiger partial charge in [-0.3, -0.25) is 19.3 Å². The molecule has 9 heteroatoms. The highest BCUT2D eigenvalue weighted by atomic mass is 32.2. The standard InChI is InChI=1S/C17H18N4O4S/c1-2-3-9-20-15(23)16(24)21(17(20)25)11-14(22)19-12-6-4-5-7-13(12)26-10-8-18/h4-7H,2-3,9-11H2,1H3,(H,19,22). The molecule has 1 aromatic carbocycles. The fourth-order valence-corrected chi connectivity index (χ4v) is 3.01. The summed E-state index contributed by atoms with van der Waals surface area (Å²) in [6.07, 6.45) is 1.36. The van der Waals surface area contributed by atoms with Crippen molar-refractivity contribution < 1.29 is 19.2 Å². The molecule has 26 heavy (non-hydrogen) atoms. The maximum absolute atomic E-state index is 12.3. The van der Waals surface area contributed by atoms with E-state index in [1.54, 1.807) is 24.3 Å². The van der Waals surface area contributed by atoms with Gasteiger partial charge in [0.1, 0.15) is 6.54 Å². The number of thioether (sulfide) groups is 1. The largest absolute Gasteiger partial charge is 0.334 e. The van der Waals surface area contributed by atoms with E-state index in [2.05, 4.69) is 5.32 Å². The van der Waals surface area contributed by atoms with Crippen molar-refractivity contribution in [3.05, 3.63) is 24.3 Å². The van der Waals surface area contributed by atoms with Crippen molar-refractivity contribution in [2.45, 2.75) is 24.7 Å². The van der Waals surface area contributed by atoms with Crippen molar-refractivity contribution in [2.24, 2.45) is 0 Å². The van der Waals surface area contributed by atoms with Crippen molar-refractivity contribution in [2.75, 3.05) is 24.2 Å². The summed E-state index contributed by atoms with van der Waals surface area (Å²) in [6, 6.07) is 8.13. The number of carbonyl (C=O) groups excluding carboxylic acids is 4. The van der Waals surface area contributed by atoms with Crippen LogP contribution < -0.4 is 5.32 Å². The van der Waals surface area contributed by atoms with E-state index in [4.69, 9.17) is 5.26 Å². The number of amides is 5. The van der Waals surface area contributed by atoms with E-state index < -0.39 is 30.3 Å². The van der Waals surface area contributed by atoms with Crippen LogP contribution in [-0.2, 0) is 14.4 Å². The van der Waals surface area contributed by atoms with E-state index in [0.29, 0.717) is 21.9 Å². The third-order valence-corrected chi connectivity index (χ3v) is 4.57. The molecular weight excluding hydrogens is 356 g/mol. The molecule has 0 radical (unpaired) electrons. The van der Waals surface area contributed by atoms with Crippen molar-refractivity contribution >= 4 is 41.2 Å². The molecule has 1 N–H and O–H groups in total. The van der Waals surface area contributed by atoms with E-state index in [1.807, 2.05) is 13.0 Å². The van der Waals surface area contributed by atoms with E-state index in [9.17, 15) is 19.2 Å². The number of hydrogen-bond acceptors (Lipinski definition) is 6. The number of rotatable bonds is 8. The fourth-order valence-electron chi connectivity index (χ4n) is 2.34. The maximum Gasteiger partial charge on any atom is 0.334 e. The Hall–Kier alpha value is -2.86. The van der Waals surface area contributed by atoms with Crippen molar-refractivity contribution in [3.8, 4) is 6.07 Å². The lowest BCUT2D eigenvalue weighted by Crippen LogP contribution is -2.39. The predicted octanol–water partition coefficient (Wildman–Crippen LogP) is 1.83. The highest BCUT2D eigenvalue weighted by Crippen LogP contribution is 2.26. The van der Waals surface area contributed by atoms with Crippen molar-refractivity contribution in [1.82, 2.24) is 9.80 Å². The summed E-state index contributed by atoms with van der Waals surface area (Å²) in [5.41, 5.74) is 0.478. The molecule has 0 unspecified atom stereocenters. The number of anilines is 1. The van der Waals surface area contributed by atoms with Gasteiger partial charge in [0.15, 0.2) is 0 Å². The van der Waals surface area contributed by atoms with Gasteiger partial charge in [-0.1, -0.05) is 25.5 Å². The molecular formula is C17H18N4O4S. The summed E-state index contributed by atoms with van der Waals surface area (Å²) in [4.78, 5) is 50.6. The first-order valence-electron chi connectivity index (χ1n) is 8.05. The fraction of sp³-hybridized carbons (Fsp3) is 0.353. The smallest absolute Gasteiger partial charge is 0.324 e.